The number of carbonyl (C=O) groups is 1. The van der Waals surface area contributed by atoms with Crippen molar-refractivity contribution in [1.82, 2.24) is 16.2 Å². The van der Waals surface area contributed by atoms with E-state index in [9.17, 15) is 4.79 Å². The zero-order valence-electron chi connectivity index (χ0n) is 18.3. The van der Waals surface area contributed by atoms with E-state index in [4.69, 9.17) is 21.7 Å². The number of thiocarbonyl (C=S) groups is 1. The third-order valence-corrected chi connectivity index (χ3v) is 5.81. The van der Waals surface area contributed by atoms with Crippen LogP contribution in [0.5, 0.6) is 5.75 Å². The zero-order chi connectivity index (χ0) is 22.3. The highest BCUT2D eigenvalue weighted by atomic mass is 32.1. The van der Waals surface area contributed by atoms with Crippen molar-refractivity contribution in [3.8, 4) is 5.75 Å². The SMILES string of the molecule is C[C@H](Oc1ccc(C(C)(C)c2ccccc2)cc1)C(=O)NNC(=S)NC[C@H]1CCCO1. The Labute approximate surface area is 189 Å². The fraction of sp³-hybridized carbons (Fsp3) is 0.417. The molecule has 7 heteroatoms. The highest BCUT2D eigenvalue weighted by Crippen LogP contribution is 2.32. The highest BCUT2D eigenvalue weighted by Gasteiger charge is 2.23. The molecule has 0 radical (unpaired) electrons. The number of nitrogens with one attached hydrogen (secondary N) is 3. The summed E-state index contributed by atoms with van der Waals surface area (Å²) in [5.41, 5.74) is 7.57. The second-order valence-electron chi connectivity index (χ2n) is 8.23. The average Bonchev–Trinajstić information content (AvgIpc) is 3.30. The summed E-state index contributed by atoms with van der Waals surface area (Å²) < 4.78 is 11.3. The lowest BCUT2D eigenvalue weighted by Crippen LogP contribution is -2.51. The molecule has 2 aromatic rings. The van der Waals surface area contributed by atoms with Gasteiger partial charge in [-0.2, -0.15) is 0 Å². The first kappa shape index (κ1) is 23.0. The minimum atomic E-state index is -0.679. The number of amides is 1. The number of hydrogen-bond donors (Lipinski definition) is 3. The molecule has 0 unspecified atom stereocenters. The molecule has 0 aromatic heterocycles. The Morgan fingerprint density at radius 3 is 2.45 bits per heavy atom. The first-order valence-electron chi connectivity index (χ1n) is 10.6. The standard InChI is InChI=1S/C24H31N3O3S/c1-17(22(28)26-27-23(31)25-16-21-10-7-15-29-21)30-20-13-11-19(12-14-20)24(2,3)18-8-5-4-6-9-18/h4-6,8-9,11-14,17,21H,7,10,15-16H2,1-3H3,(H,26,28)(H2,25,27,31)/t17-,21+/m0/s1. The Morgan fingerprint density at radius 1 is 1.13 bits per heavy atom. The van der Waals surface area contributed by atoms with E-state index >= 15 is 0 Å². The number of rotatable bonds is 7. The second kappa shape index (κ2) is 10.6. The van der Waals surface area contributed by atoms with Gasteiger partial charge in [0.2, 0.25) is 0 Å². The van der Waals surface area contributed by atoms with Gasteiger partial charge >= 0.3 is 0 Å². The maximum atomic E-state index is 12.3. The lowest BCUT2D eigenvalue weighted by Gasteiger charge is -2.26. The van der Waals surface area contributed by atoms with Crippen LogP contribution < -0.4 is 20.9 Å². The summed E-state index contributed by atoms with van der Waals surface area (Å²) in [6.07, 6.45) is 1.59. The normalized spacial score (nSPS) is 16.9. The predicted octanol–water partition coefficient (Wildman–Crippen LogP) is 3.45. The van der Waals surface area contributed by atoms with E-state index in [1.807, 2.05) is 42.5 Å². The molecule has 1 aliphatic rings. The van der Waals surface area contributed by atoms with E-state index in [1.54, 1.807) is 6.92 Å². The lowest BCUT2D eigenvalue weighted by atomic mass is 9.78. The smallest absolute Gasteiger partial charge is 0.279 e. The molecule has 0 bridgehead atoms. The molecule has 2 aromatic carbocycles. The van der Waals surface area contributed by atoms with Crippen LogP contribution in [0.2, 0.25) is 0 Å². The van der Waals surface area contributed by atoms with Crippen LogP contribution in [0.1, 0.15) is 44.7 Å². The van der Waals surface area contributed by atoms with E-state index < -0.39 is 6.10 Å². The Hall–Kier alpha value is -2.64. The van der Waals surface area contributed by atoms with E-state index in [2.05, 4.69) is 42.1 Å². The van der Waals surface area contributed by atoms with Gasteiger partial charge in [0.15, 0.2) is 11.2 Å². The number of carbonyl (C=O) groups excluding carboxylic acids is 1. The van der Waals surface area contributed by atoms with Gasteiger partial charge in [-0.25, -0.2) is 0 Å². The molecule has 1 heterocycles. The molecule has 3 rings (SSSR count). The molecule has 166 valence electrons. The van der Waals surface area contributed by atoms with Gasteiger partial charge in [0.1, 0.15) is 5.75 Å². The van der Waals surface area contributed by atoms with Crippen molar-refractivity contribution in [3.05, 3.63) is 65.7 Å². The van der Waals surface area contributed by atoms with Crippen molar-refractivity contribution in [1.29, 1.82) is 0 Å². The Balaban J connectivity index is 1.46. The molecule has 1 saturated heterocycles. The minimum Gasteiger partial charge on any atom is -0.481 e. The van der Waals surface area contributed by atoms with Crippen LogP contribution in [0.3, 0.4) is 0 Å². The lowest BCUT2D eigenvalue weighted by molar-refractivity contribution is -0.127. The van der Waals surface area contributed by atoms with Crippen LogP contribution in [0, 0.1) is 0 Å². The maximum Gasteiger partial charge on any atom is 0.279 e. The number of ether oxygens (including phenoxy) is 2. The number of benzene rings is 2. The van der Waals surface area contributed by atoms with Gasteiger partial charge in [-0.15, -0.1) is 0 Å². The van der Waals surface area contributed by atoms with E-state index in [0.29, 0.717) is 17.4 Å². The summed E-state index contributed by atoms with van der Waals surface area (Å²) >= 11 is 5.18. The van der Waals surface area contributed by atoms with Crippen LogP contribution in [0.25, 0.3) is 0 Å². The fourth-order valence-corrected chi connectivity index (χ4v) is 3.64. The van der Waals surface area contributed by atoms with E-state index in [1.165, 1.54) is 11.1 Å². The van der Waals surface area contributed by atoms with Gasteiger partial charge < -0.3 is 14.8 Å². The third-order valence-electron chi connectivity index (χ3n) is 5.57. The van der Waals surface area contributed by atoms with Crippen molar-refractivity contribution in [2.24, 2.45) is 0 Å². The van der Waals surface area contributed by atoms with Gasteiger partial charge in [-0.3, -0.25) is 15.6 Å². The quantitative estimate of drug-likeness (QED) is 0.452. The molecule has 0 aliphatic carbocycles. The minimum absolute atomic E-state index is 0.126. The predicted molar refractivity (Wildman–Crippen MR) is 126 cm³/mol. The summed E-state index contributed by atoms with van der Waals surface area (Å²) in [5.74, 6) is 0.323. The van der Waals surface area contributed by atoms with Crippen LogP contribution in [-0.2, 0) is 14.9 Å². The van der Waals surface area contributed by atoms with Crippen LogP contribution in [0.15, 0.2) is 54.6 Å². The molecular weight excluding hydrogens is 410 g/mol. The van der Waals surface area contributed by atoms with Crippen molar-refractivity contribution in [2.45, 2.75) is 51.2 Å². The number of hydrogen-bond acceptors (Lipinski definition) is 4. The van der Waals surface area contributed by atoms with Gasteiger partial charge in [0.05, 0.1) is 6.10 Å². The van der Waals surface area contributed by atoms with Gasteiger partial charge in [-0.1, -0.05) is 56.3 Å². The molecule has 1 aliphatic heterocycles. The molecule has 3 N–H and O–H groups in total. The van der Waals surface area contributed by atoms with Gasteiger partial charge in [-0.05, 0) is 55.2 Å². The number of hydrazine groups is 1. The third kappa shape index (κ3) is 6.42. The Bertz CT molecular complexity index is 865. The molecule has 6 nitrogen and oxygen atoms in total. The van der Waals surface area contributed by atoms with Crippen LogP contribution >= 0.6 is 12.2 Å². The summed E-state index contributed by atoms with van der Waals surface area (Å²) in [4.78, 5) is 12.3. The van der Waals surface area contributed by atoms with E-state index in [-0.39, 0.29) is 17.4 Å². The van der Waals surface area contributed by atoms with Crippen molar-refractivity contribution < 1.29 is 14.3 Å². The average molecular weight is 442 g/mol. The first-order valence-corrected chi connectivity index (χ1v) is 11.0. The summed E-state index contributed by atoms with van der Waals surface area (Å²) in [5, 5.41) is 3.39. The van der Waals surface area contributed by atoms with Crippen molar-refractivity contribution >= 4 is 23.2 Å². The molecule has 1 amide bonds. The second-order valence-corrected chi connectivity index (χ2v) is 8.64. The summed E-state index contributed by atoms with van der Waals surface area (Å²) in [7, 11) is 0. The Kier molecular flexibility index (Phi) is 7.87. The topological polar surface area (TPSA) is 71.6 Å². The largest absolute Gasteiger partial charge is 0.481 e. The molecule has 2 atom stereocenters. The van der Waals surface area contributed by atoms with E-state index in [0.717, 1.165) is 19.4 Å². The highest BCUT2D eigenvalue weighted by molar-refractivity contribution is 7.80. The maximum absolute atomic E-state index is 12.3. The molecular formula is C24H31N3O3S. The summed E-state index contributed by atoms with van der Waals surface area (Å²) in [6.45, 7) is 7.50. The van der Waals surface area contributed by atoms with Gasteiger partial charge in [0.25, 0.3) is 5.91 Å². The molecule has 0 saturated carbocycles. The fourth-order valence-electron chi connectivity index (χ4n) is 3.51. The van der Waals surface area contributed by atoms with Crippen LogP contribution in [0.4, 0.5) is 0 Å². The Morgan fingerprint density at radius 2 is 1.81 bits per heavy atom. The molecule has 1 fully saturated rings. The molecule has 31 heavy (non-hydrogen) atoms. The zero-order valence-corrected chi connectivity index (χ0v) is 19.1. The first-order chi connectivity index (χ1) is 14.9. The van der Waals surface area contributed by atoms with Gasteiger partial charge in [0, 0.05) is 18.6 Å². The van der Waals surface area contributed by atoms with Crippen molar-refractivity contribution in [2.75, 3.05) is 13.2 Å². The molecule has 0 spiro atoms. The monoisotopic (exact) mass is 441 g/mol. The summed E-state index contributed by atoms with van der Waals surface area (Å²) in [6, 6.07) is 18.2. The van der Waals surface area contributed by atoms with Crippen molar-refractivity contribution in [3.63, 3.8) is 0 Å². The van der Waals surface area contributed by atoms with Crippen LogP contribution in [-0.4, -0.2) is 36.4 Å².